The van der Waals surface area contributed by atoms with E-state index >= 15 is 0 Å². The van der Waals surface area contributed by atoms with Gasteiger partial charge in [-0.25, -0.2) is 4.79 Å². The van der Waals surface area contributed by atoms with Gasteiger partial charge in [-0.3, -0.25) is 19.2 Å². The second kappa shape index (κ2) is 13.7. The molecule has 11 nitrogen and oxygen atoms in total. The van der Waals surface area contributed by atoms with Crippen LogP contribution in [0.15, 0.2) is 0 Å². The molecular weight excluding hydrogens is 418 g/mol. The van der Waals surface area contributed by atoms with E-state index in [1.165, 1.54) is 0 Å². The largest absolute Gasteiger partial charge is 0.480 e. The average Bonchev–Trinajstić information content (AvgIpc) is 2.70. The average molecular weight is 458 g/mol. The number of rotatable bonds is 14. The standard InChI is InChI=1S/C21H39N5O6/c1-7-12(6)15(23)19(29)25-16(10(2)3)20(30)24-13(8-9-14(22)27)18(28)26-17(11(4)5)21(31)32/h10-13,15-17H,7-9,23H2,1-6H3,(H2,22,27)(H,24,30)(H,25,29)(H,26,28)(H,31,32). The summed E-state index contributed by atoms with van der Waals surface area (Å²) in [6.45, 7) is 10.4. The first kappa shape index (κ1) is 29.3. The van der Waals surface area contributed by atoms with Crippen molar-refractivity contribution in [3.8, 4) is 0 Å². The maximum absolute atomic E-state index is 12.9. The van der Waals surface area contributed by atoms with E-state index in [-0.39, 0.29) is 24.7 Å². The smallest absolute Gasteiger partial charge is 0.326 e. The second-order valence-electron chi connectivity index (χ2n) is 8.78. The molecule has 0 fully saturated rings. The molecule has 0 aromatic rings. The number of hydrogen-bond acceptors (Lipinski definition) is 6. The van der Waals surface area contributed by atoms with Gasteiger partial charge >= 0.3 is 5.97 Å². The Hall–Kier alpha value is -2.69. The van der Waals surface area contributed by atoms with Crippen LogP contribution in [0.4, 0.5) is 0 Å². The van der Waals surface area contributed by atoms with Crippen LogP contribution < -0.4 is 27.4 Å². The fraction of sp³-hybridized carbons (Fsp3) is 0.762. The number of hydrogen-bond donors (Lipinski definition) is 6. The van der Waals surface area contributed by atoms with E-state index in [1.807, 2.05) is 13.8 Å². The van der Waals surface area contributed by atoms with Gasteiger partial charge in [0.25, 0.3) is 0 Å². The van der Waals surface area contributed by atoms with E-state index in [0.717, 1.165) is 0 Å². The molecular formula is C21H39N5O6. The Labute approximate surface area is 189 Å². The Morgan fingerprint density at radius 2 is 1.31 bits per heavy atom. The minimum absolute atomic E-state index is 0.0936. The number of carboxylic acids is 1. The lowest BCUT2D eigenvalue weighted by molar-refractivity contribution is -0.143. The number of nitrogens with two attached hydrogens (primary N) is 2. The molecule has 0 rings (SSSR count). The summed E-state index contributed by atoms with van der Waals surface area (Å²) in [5, 5.41) is 16.8. The van der Waals surface area contributed by atoms with Crippen molar-refractivity contribution in [1.82, 2.24) is 16.0 Å². The highest BCUT2D eigenvalue weighted by Crippen LogP contribution is 2.10. The quantitative estimate of drug-likeness (QED) is 0.202. The van der Waals surface area contributed by atoms with Gasteiger partial charge in [-0.1, -0.05) is 48.0 Å². The first-order valence-corrected chi connectivity index (χ1v) is 10.9. The van der Waals surface area contributed by atoms with Crippen molar-refractivity contribution in [2.45, 2.75) is 85.0 Å². The molecule has 0 aromatic heterocycles. The minimum Gasteiger partial charge on any atom is -0.480 e. The third-order valence-corrected chi connectivity index (χ3v) is 5.35. The third-order valence-electron chi connectivity index (χ3n) is 5.35. The van der Waals surface area contributed by atoms with Gasteiger partial charge in [0, 0.05) is 6.42 Å². The van der Waals surface area contributed by atoms with Crippen LogP contribution in [0, 0.1) is 17.8 Å². The van der Waals surface area contributed by atoms with E-state index in [0.29, 0.717) is 6.42 Å². The lowest BCUT2D eigenvalue weighted by Crippen LogP contribution is -2.59. The van der Waals surface area contributed by atoms with Gasteiger partial charge in [0.05, 0.1) is 6.04 Å². The van der Waals surface area contributed by atoms with E-state index in [4.69, 9.17) is 11.5 Å². The summed E-state index contributed by atoms with van der Waals surface area (Å²) in [6, 6.07) is -4.17. The fourth-order valence-electron chi connectivity index (χ4n) is 2.88. The second-order valence-corrected chi connectivity index (χ2v) is 8.78. The lowest BCUT2D eigenvalue weighted by Gasteiger charge is -2.28. The van der Waals surface area contributed by atoms with Crippen LogP contribution in [-0.4, -0.2) is 58.9 Å². The van der Waals surface area contributed by atoms with Crippen LogP contribution in [0.3, 0.4) is 0 Å². The first-order valence-electron chi connectivity index (χ1n) is 10.9. The molecule has 0 radical (unpaired) electrons. The van der Waals surface area contributed by atoms with Gasteiger partial charge in [-0.2, -0.15) is 0 Å². The normalized spacial score (nSPS) is 15.9. The molecule has 5 unspecified atom stereocenters. The Bertz CT molecular complexity index is 682. The van der Waals surface area contributed by atoms with Gasteiger partial charge in [0.2, 0.25) is 23.6 Å². The van der Waals surface area contributed by atoms with Crippen molar-refractivity contribution in [3.05, 3.63) is 0 Å². The molecule has 0 aliphatic heterocycles. The molecule has 0 spiro atoms. The molecule has 8 N–H and O–H groups in total. The van der Waals surface area contributed by atoms with Crippen molar-refractivity contribution in [2.24, 2.45) is 29.2 Å². The Morgan fingerprint density at radius 3 is 1.72 bits per heavy atom. The molecule has 0 heterocycles. The highest BCUT2D eigenvalue weighted by Gasteiger charge is 2.33. The zero-order chi connectivity index (χ0) is 25.2. The number of primary amides is 1. The Balaban J connectivity index is 5.53. The zero-order valence-electron chi connectivity index (χ0n) is 19.8. The molecule has 0 bridgehead atoms. The van der Waals surface area contributed by atoms with Crippen LogP contribution in [0.5, 0.6) is 0 Å². The molecule has 4 amide bonds. The number of carboxylic acid groups (broad SMARTS) is 1. The van der Waals surface area contributed by atoms with Gasteiger partial charge in [0.15, 0.2) is 0 Å². The number of carbonyl (C=O) groups is 5. The maximum atomic E-state index is 12.9. The molecule has 0 aromatic carbocycles. The van der Waals surface area contributed by atoms with Gasteiger partial charge in [0.1, 0.15) is 18.1 Å². The van der Waals surface area contributed by atoms with Crippen LogP contribution in [0.2, 0.25) is 0 Å². The van der Waals surface area contributed by atoms with E-state index in [9.17, 15) is 29.1 Å². The number of amides is 4. The molecule has 32 heavy (non-hydrogen) atoms. The summed E-state index contributed by atoms with van der Waals surface area (Å²) in [7, 11) is 0. The van der Waals surface area contributed by atoms with Crippen LogP contribution >= 0.6 is 0 Å². The molecule has 5 atom stereocenters. The zero-order valence-corrected chi connectivity index (χ0v) is 19.8. The molecule has 11 heteroatoms. The molecule has 0 saturated heterocycles. The highest BCUT2D eigenvalue weighted by molar-refractivity contribution is 5.94. The number of carbonyl (C=O) groups excluding carboxylic acids is 4. The Kier molecular flexibility index (Phi) is 12.5. The fourth-order valence-corrected chi connectivity index (χ4v) is 2.88. The maximum Gasteiger partial charge on any atom is 0.326 e. The van der Waals surface area contributed by atoms with Gasteiger partial charge in [-0.15, -0.1) is 0 Å². The van der Waals surface area contributed by atoms with Crippen molar-refractivity contribution >= 4 is 29.6 Å². The van der Waals surface area contributed by atoms with E-state index in [1.54, 1.807) is 27.7 Å². The molecule has 184 valence electrons. The van der Waals surface area contributed by atoms with Crippen LogP contribution in [0.1, 0.15) is 60.8 Å². The van der Waals surface area contributed by atoms with Crippen molar-refractivity contribution in [3.63, 3.8) is 0 Å². The highest BCUT2D eigenvalue weighted by atomic mass is 16.4. The van der Waals surface area contributed by atoms with Crippen molar-refractivity contribution < 1.29 is 29.1 Å². The summed E-state index contributed by atoms with van der Waals surface area (Å²) in [6.07, 6.45) is 0.362. The minimum atomic E-state index is -1.22. The summed E-state index contributed by atoms with van der Waals surface area (Å²) in [4.78, 5) is 60.7. The first-order chi connectivity index (χ1) is 14.7. The van der Waals surface area contributed by atoms with Crippen LogP contribution in [-0.2, 0) is 24.0 Å². The SMILES string of the molecule is CCC(C)C(N)C(=O)NC(C(=O)NC(CCC(N)=O)C(=O)NC(C(=O)O)C(C)C)C(C)C. The van der Waals surface area contributed by atoms with Gasteiger partial charge in [-0.05, 0) is 24.2 Å². The molecule has 0 aliphatic carbocycles. The number of nitrogens with one attached hydrogen (secondary N) is 3. The predicted molar refractivity (Wildman–Crippen MR) is 119 cm³/mol. The predicted octanol–water partition coefficient (Wildman–Crippen LogP) is -0.524. The molecule has 0 saturated carbocycles. The van der Waals surface area contributed by atoms with Gasteiger partial charge < -0.3 is 32.5 Å². The lowest BCUT2D eigenvalue weighted by atomic mass is 9.97. The monoisotopic (exact) mass is 457 g/mol. The molecule has 0 aliphatic rings. The summed E-state index contributed by atoms with van der Waals surface area (Å²) >= 11 is 0. The summed E-state index contributed by atoms with van der Waals surface area (Å²) < 4.78 is 0. The van der Waals surface area contributed by atoms with E-state index in [2.05, 4.69) is 16.0 Å². The topological polar surface area (TPSA) is 194 Å². The Morgan fingerprint density at radius 1 is 0.812 bits per heavy atom. The van der Waals surface area contributed by atoms with Crippen LogP contribution in [0.25, 0.3) is 0 Å². The van der Waals surface area contributed by atoms with Crippen molar-refractivity contribution in [1.29, 1.82) is 0 Å². The summed E-state index contributed by atoms with van der Waals surface area (Å²) in [5.41, 5.74) is 11.1. The third kappa shape index (κ3) is 9.63. The van der Waals surface area contributed by atoms with E-state index < -0.39 is 59.7 Å². The van der Waals surface area contributed by atoms with Crippen molar-refractivity contribution in [2.75, 3.05) is 0 Å². The summed E-state index contributed by atoms with van der Waals surface area (Å²) in [5.74, 6) is -4.62. The number of aliphatic carboxylic acids is 1.